The first-order chi connectivity index (χ1) is 11.6. The van der Waals surface area contributed by atoms with Crippen LogP contribution in [-0.4, -0.2) is 29.0 Å². The van der Waals surface area contributed by atoms with Crippen LogP contribution < -0.4 is 0 Å². The predicted octanol–water partition coefficient (Wildman–Crippen LogP) is 3.35. The molecule has 0 saturated carbocycles. The topological polar surface area (TPSA) is 49.7 Å². The van der Waals surface area contributed by atoms with Gasteiger partial charge in [0, 0.05) is 5.92 Å². The molecule has 1 aliphatic rings. The fourth-order valence-corrected chi connectivity index (χ4v) is 3.56. The van der Waals surface area contributed by atoms with E-state index in [2.05, 4.69) is 38.1 Å². The van der Waals surface area contributed by atoms with Gasteiger partial charge in [0.05, 0.1) is 19.3 Å². The quantitative estimate of drug-likeness (QED) is 0.907. The van der Waals surface area contributed by atoms with Gasteiger partial charge in [-0.2, -0.15) is 0 Å². The van der Waals surface area contributed by atoms with Gasteiger partial charge in [-0.25, -0.2) is 0 Å². The highest BCUT2D eigenvalue weighted by molar-refractivity contribution is 5.53. The van der Waals surface area contributed by atoms with Crippen molar-refractivity contribution in [3.05, 3.63) is 76.4 Å². The van der Waals surface area contributed by atoms with Gasteiger partial charge in [-0.15, -0.1) is 0 Å². The SMILES string of the molecule is Cc1cc(C)c2c(c1)CO[C@H]([C@H](O)CO)[C@H]2/C=C/c1ccccc1. The Morgan fingerprint density at radius 2 is 1.96 bits per heavy atom. The van der Waals surface area contributed by atoms with E-state index in [0.29, 0.717) is 6.61 Å². The summed E-state index contributed by atoms with van der Waals surface area (Å²) in [6.07, 6.45) is 2.80. The maximum absolute atomic E-state index is 10.2. The molecule has 0 fully saturated rings. The van der Waals surface area contributed by atoms with Gasteiger partial charge in [0.15, 0.2) is 0 Å². The molecule has 0 unspecified atom stereocenters. The maximum atomic E-state index is 10.2. The zero-order valence-electron chi connectivity index (χ0n) is 14.1. The molecule has 2 aromatic rings. The average Bonchev–Trinajstić information content (AvgIpc) is 2.59. The Balaban J connectivity index is 2.02. The first kappa shape index (κ1) is 16.9. The molecule has 24 heavy (non-hydrogen) atoms. The molecule has 1 aliphatic heterocycles. The van der Waals surface area contributed by atoms with Crippen LogP contribution in [0.1, 0.15) is 33.7 Å². The third kappa shape index (κ3) is 3.44. The molecule has 0 amide bonds. The fourth-order valence-electron chi connectivity index (χ4n) is 3.56. The third-order valence-electron chi connectivity index (χ3n) is 4.60. The number of aliphatic hydroxyl groups is 2. The zero-order chi connectivity index (χ0) is 17.1. The van der Waals surface area contributed by atoms with Crippen molar-refractivity contribution in [2.75, 3.05) is 6.61 Å². The van der Waals surface area contributed by atoms with E-state index in [9.17, 15) is 10.2 Å². The summed E-state index contributed by atoms with van der Waals surface area (Å²) >= 11 is 0. The Bertz CT molecular complexity index is 721. The number of aliphatic hydroxyl groups excluding tert-OH is 2. The summed E-state index contributed by atoms with van der Waals surface area (Å²) in [7, 11) is 0. The molecule has 0 saturated heterocycles. The lowest BCUT2D eigenvalue weighted by atomic mass is 9.81. The number of hydrogen-bond donors (Lipinski definition) is 2. The van der Waals surface area contributed by atoms with Crippen molar-refractivity contribution in [3.63, 3.8) is 0 Å². The summed E-state index contributed by atoms with van der Waals surface area (Å²) in [4.78, 5) is 0. The highest BCUT2D eigenvalue weighted by atomic mass is 16.5. The molecule has 126 valence electrons. The lowest BCUT2D eigenvalue weighted by Gasteiger charge is -2.35. The summed E-state index contributed by atoms with van der Waals surface area (Å²) in [6.45, 7) is 4.34. The second-order valence-electron chi connectivity index (χ2n) is 6.48. The molecule has 0 aromatic heterocycles. The van der Waals surface area contributed by atoms with Gasteiger partial charge in [-0.3, -0.25) is 0 Å². The molecule has 0 bridgehead atoms. The minimum atomic E-state index is -0.899. The molecule has 3 nitrogen and oxygen atoms in total. The smallest absolute Gasteiger partial charge is 0.104 e. The predicted molar refractivity (Wildman–Crippen MR) is 95.8 cm³/mol. The Morgan fingerprint density at radius 1 is 1.21 bits per heavy atom. The van der Waals surface area contributed by atoms with E-state index in [0.717, 1.165) is 11.1 Å². The summed E-state index contributed by atoms with van der Waals surface area (Å²) in [5.74, 6) is -0.0864. The van der Waals surface area contributed by atoms with E-state index in [-0.39, 0.29) is 12.5 Å². The number of hydrogen-bond acceptors (Lipinski definition) is 3. The van der Waals surface area contributed by atoms with E-state index in [4.69, 9.17) is 4.74 Å². The zero-order valence-corrected chi connectivity index (χ0v) is 14.1. The van der Waals surface area contributed by atoms with Crippen LogP contribution >= 0.6 is 0 Å². The molecule has 3 atom stereocenters. The molecule has 2 aromatic carbocycles. The Kier molecular flexibility index (Phi) is 5.14. The van der Waals surface area contributed by atoms with Gasteiger partial charge < -0.3 is 14.9 Å². The van der Waals surface area contributed by atoms with Crippen molar-refractivity contribution in [1.82, 2.24) is 0 Å². The van der Waals surface area contributed by atoms with E-state index in [1.165, 1.54) is 16.7 Å². The lowest BCUT2D eigenvalue weighted by molar-refractivity contribution is -0.0788. The minimum absolute atomic E-state index is 0.0864. The van der Waals surface area contributed by atoms with E-state index in [1.54, 1.807) is 0 Å². The number of fused-ring (bicyclic) bond motifs is 1. The maximum Gasteiger partial charge on any atom is 0.104 e. The summed E-state index contributed by atoms with van der Waals surface area (Å²) < 4.78 is 5.91. The van der Waals surface area contributed by atoms with Gasteiger partial charge >= 0.3 is 0 Å². The summed E-state index contributed by atoms with van der Waals surface area (Å²) in [6, 6.07) is 14.4. The Hall–Kier alpha value is -1.94. The van der Waals surface area contributed by atoms with Gasteiger partial charge in [-0.1, -0.05) is 60.2 Å². The molecule has 3 heteroatoms. The van der Waals surface area contributed by atoms with Gasteiger partial charge in [0.1, 0.15) is 6.10 Å². The molecular weight excluding hydrogens is 300 g/mol. The second-order valence-corrected chi connectivity index (χ2v) is 6.48. The molecular formula is C21H24O3. The van der Waals surface area contributed by atoms with Crippen LogP contribution in [0.15, 0.2) is 48.5 Å². The van der Waals surface area contributed by atoms with Crippen LogP contribution in [0.5, 0.6) is 0 Å². The van der Waals surface area contributed by atoms with Crippen LogP contribution in [0.2, 0.25) is 0 Å². The first-order valence-electron chi connectivity index (χ1n) is 8.34. The van der Waals surface area contributed by atoms with Crippen molar-refractivity contribution in [1.29, 1.82) is 0 Å². The second kappa shape index (κ2) is 7.31. The Labute approximate surface area is 143 Å². The van der Waals surface area contributed by atoms with Crippen molar-refractivity contribution < 1.29 is 14.9 Å². The molecule has 1 heterocycles. The number of aryl methyl sites for hydroxylation is 2. The summed E-state index contributed by atoms with van der Waals surface area (Å²) in [5.41, 5.74) is 5.88. The largest absolute Gasteiger partial charge is 0.394 e. The van der Waals surface area contributed by atoms with Crippen molar-refractivity contribution in [2.24, 2.45) is 0 Å². The normalized spacial score (nSPS) is 21.7. The average molecular weight is 324 g/mol. The number of benzene rings is 2. The van der Waals surface area contributed by atoms with Gasteiger partial charge in [0.2, 0.25) is 0 Å². The van der Waals surface area contributed by atoms with Crippen molar-refractivity contribution in [2.45, 2.75) is 38.6 Å². The van der Waals surface area contributed by atoms with Gasteiger partial charge in [-0.05, 0) is 36.1 Å². The summed E-state index contributed by atoms with van der Waals surface area (Å²) in [5, 5.41) is 19.6. The van der Waals surface area contributed by atoms with Crippen LogP contribution in [-0.2, 0) is 11.3 Å². The fraction of sp³-hybridized carbons (Fsp3) is 0.333. The van der Waals surface area contributed by atoms with Crippen LogP contribution in [0.3, 0.4) is 0 Å². The Morgan fingerprint density at radius 3 is 2.67 bits per heavy atom. The van der Waals surface area contributed by atoms with E-state index < -0.39 is 12.2 Å². The number of rotatable bonds is 4. The molecule has 3 rings (SSSR count). The van der Waals surface area contributed by atoms with Crippen LogP contribution in [0.4, 0.5) is 0 Å². The molecule has 0 aliphatic carbocycles. The van der Waals surface area contributed by atoms with E-state index in [1.807, 2.05) is 30.3 Å². The first-order valence-corrected chi connectivity index (χ1v) is 8.34. The third-order valence-corrected chi connectivity index (χ3v) is 4.60. The highest BCUT2D eigenvalue weighted by Gasteiger charge is 2.34. The van der Waals surface area contributed by atoms with Crippen LogP contribution in [0, 0.1) is 13.8 Å². The molecule has 2 N–H and O–H groups in total. The molecule has 0 radical (unpaired) electrons. The number of ether oxygens (including phenoxy) is 1. The lowest BCUT2D eigenvalue weighted by Crippen LogP contribution is -2.39. The van der Waals surface area contributed by atoms with Crippen molar-refractivity contribution >= 4 is 6.08 Å². The monoisotopic (exact) mass is 324 g/mol. The standard InChI is InChI=1S/C21H24O3/c1-14-10-15(2)20-17(11-14)13-24-21(19(23)12-22)18(20)9-8-16-6-4-3-5-7-16/h3-11,18-19,21-23H,12-13H2,1-2H3/b9-8+/t18-,19+,21-/m0/s1. The molecule has 0 spiro atoms. The van der Waals surface area contributed by atoms with Crippen LogP contribution in [0.25, 0.3) is 6.08 Å². The highest BCUT2D eigenvalue weighted by Crippen LogP contribution is 2.37. The van der Waals surface area contributed by atoms with Gasteiger partial charge in [0.25, 0.3) is 0 Å². The van der Waals surface area contributed by atoms with Crippen molar-refractivity contribution in [3.8, 4) is 0 Å². The van der Waals surface area contributed by atoms with E-state index >= 15 is 0 Å². The minimum Gasteiger partial charge on any atom is -0.394 e.